The minimum Gasteiger partial charge on any atom is -0.371 e. The Morgan fingerprint density at radius 3 is 2.80 bits per heavy atom. The quantitative estimate of drug-likeness (QED) is 0.881. The van der Waals surface area contributed by atoms with Gasteiger partial charge < -0.3 is 4.74 Å². The highest BCUT2D eigenvalue weighted by Crippen LogP contribution is 2.29. The monoisotopic (exact) mass is 380 g/mol. The maximum atomic E-state index is 12.4. The average molecular weight is 381 g/mol. The molecule has 1 aliphatic heterocycles. The number of rotatable bonds is 4. The van der Waals surface area contributed by atoms with E-state index in [2.05, 4.69) is 20.2 Å². The summed E-state index contributed by atoms with van der Waals surface area (Å²) in [4.78, 5) is 22.5. The molecule has 1 N–H and O–H groups in total. The van der Waals surface area contributed by atoms with Gasteiger partial charge in [-0.2, -0.15) is 0 Å². The summed E-state index contributed by atoms with van der Waals surface area (Å²) in [6.07, 6.45) is 3.01. The first-order valence-electron chi connectivity index (χ1n) is 7.93. The molecule has 1 fully saturated rings. The van der Waals surface area contributed by atoms with Crippen molar-refractivity contribution in [3.63, 3.8) is 0 Å². The molecule has 6 nitrogen and oxygen atoms in total. The first kappa shape index (κ1) is 18.1. The Balaban J connectivity index is 1.65. The van der Waals surface area contributed by atoms with Crippen molar-refractivity contribution in [2.24, 2.45) is 0 Å². The normalized spacial score (nSPS) is 19.4. The second kappa shape index (κ2) is 8.10. The predicted molar refractivity (Wildman–Crippen MR) is 96.9 cm³/mol. The minimum absolute atomic E-state index is 0.152. The standard InChI is InChI=1S/C17H18Cl2N4O2/c1-11(16(24)22-17-20-5-2-6-21-17)23-7-8-25-15(10-23)12-3-4-13(18)14(19)9-12/h2-6,9,11,15H,7-8,10H2,1H3,(H,20,21,22,24). The Kier molecular flexibility index (Phi) is 5.86. The van der Waals surface area contributed by atoms with Crippen LogP contribution in [0.3, 0.4) is 0 Å². The summed E-state index contributed by atoms with van der Waals surface area (Å²) in [6, 6.07) is 6.82. The van der Waals surface area contributed by atoms with E-state index in [4.69, 9.17) is 27.9 Å². The zero-order valence-electron chi connectivity index (χ0n) is 13.7. The van der Waals surface area contributed by atoms with Gasteiger partial charge in [0.05, 0.1) is 28.8 Å². The number of morpholine rings is 1. The van der Waals surface area contributed by atoms with Crippen LogP contribution in [0, 0.1) is 0 Å². The number of nitrogens with one attached hydrogen (secondary N) is 1. The first-order valence-corrected chi connectivity index (χ1v) is 8.68. The van der Waals surface area contributed by atoms with Crippen LogP contribution in [-0.4, -0.2) is 46.5 Å². The van der Waals surface area contributed by atoms with Gasteiger partial charge in [0.25, 0.3) is 0 Å². The molecule has 1 aromatic carbocycles. The Morgan fingerprint density at radius 2 is 2.08 bits per heavy atom. The van der Waals surface area contributed by atoms with Gasteiger partial charge in [-0.05, 0) is 30.7 Å². The van der Waals surface area contributed by atoms with E-state index < -0.39 is 0 Å². The highest BCUT2D eigenvalue weighted by molar-refractivity contribution is 6.42. The molecule has 1 amide bonds. The van der Waals surface area contributed by atoms with Crippen LogP contribution in [0.4, 0.5) is 5.95 Å². The molecule has 25 heavy (non-hydrogen) atoms. The lowest BCUT2D eigenvalue weighted by molar-refractivity contribution is -0.124. The van der Waals surface area contributed by atoms with Gasteiger partial charge in [-0.1, -0.05) is 29.3 Å². The van der Waals surface area contributed by atoms with Gasteiger partial charge in [0.15, 0.2) is 0 Å². The van der Waals surface area contributed by atoms with Crippen LogP contribution in [0.25, 0.3) is 0 Å². The fraction of sp³-hybridized carbons (Fsp3) is 0.353. The molecule has 8 heteroatoms. The summed E-state index contributed by atoms with van der Waals surface area (Å²) in [6.45, 7) is 3.64. The van der Waals surface area contributed by atoms with Crippen molar-refractivity contribution in [3.8, 4) is 0 Å². The topological polar surface area (TPSA) is 67.4 Å². The number of hydrogen-bond acceptors (Lipinski definition) is 5. The highest BCUT2D eigenvalue weighted by atomic mass is 35.5. The fourth-order valence-electron chi connectivity index (χ4n) is 2.68. The molecule has 1 aromatic heterocycles. The molecule has 0 radical (unpaired) electrons. The molecule has 1 saturated heterocycles. The number of amides is 1. The Labute approximate surface area is 156 Å². The number of aromatic nitrogens is 2. The molecule has 3 rings (SSSR count). The van der Waals surface area contributed by atoms with Gasteiger partial charge in [-0.15, -0.1) is 0 Å². The van der Waals surface area contributed by atoms with E-state index >= 15 is 0 Å². The Hall–Kier alpha value is -1.73. The molecule has 0 bridgehead atoms. The van der Waals surface area contributed by atoms with Crippen molar-refractivity contribution in [2.45, 2.75) is 19.1 Å². The van der Waals surface area contributed by atoms with E-state index in [-0.39, 0.29) is 18.1 Å². The van der Waals surface area contributed by atoms with Crippen molar-refractivity contribution < 1.29 is 9.53 Å². The zero-order valence-corrected chi connectivity index (χ0v) is 15.2. The molecule has 0 spiro atoms. The molecule has 0 aliphatic carbocycles. The lowest BCUT2D eigenvalue weighted by Gasteiger charge is -2.36. The minimum atomic E-state index is -0.335. The molecule has 1 aliphatic rings. The van der Waals surface area contributed by atoms with E-state index in [9.17, 15) is 4.79 Å². The lowest BCUT2D eigenvalue weighted by atomic mass is 10.1. The molecular formula is C17H18Cl2N4O2. The summed E-state index contributed by atoms with van der Waals surface area (Å²) in [7, 11) is 0. The van der Waals surface area contributed by atoms with Gasteiger partial charge in [-0.25, -0.2) is 9.97 Å². The van der Waals surface area contributed by atoms with Crippen LogP contribution >= 0.6 is 23.2 Å². The second-order valence-electron chi connectivity index (χ2n) is 5.77. The fourth-order valence-corrected chi connectivity index (χ4v) is 2.99. The average Bonchev–Trinajstić information content (AvgIpc) is 2.64. The maximum absolute atomic E-state index is 12.4. The van der Waals surface area contributed by atoms with Crippen molar-refractivity contribution in [1.29, 1.82) is 0 Å². The molecule has 132 valence electrons. The summed E-state index contributed by atoms with van der Waals surface area (Å²) >= 11 is 12.1. The number of carbonyl (C=O) groups excluding carboxylic acids is 1. The predicted octanol–water partition coefficient (Wildman–Crippen LogP) is 3.18. The molecular weight excluding hydrogens is 363 g/mol. The van der Waals surface area contributed by atoms with E-state index in [1.54, 1.807) is 30.6 Å². The van der Waals surface area contributed by atoms with Crippen LogP contribution in [0.1, 0.15) is 18.6 Å². The van der Waals surface area contributed by atoms with Crippen LogP contribution in [0.5, 0.6) is 0 Å². The van der Waals surface area contributed by atoms with Crippen LogP contribution in [-0.2, 0) is 9.53 Å². The van der Waals surface area contributed by atoms with Crippen molar-refractivity contribution in [3.05, 3.63) is 52.3 Å². The van der Waals surface area contributed by atoms with Gasteiger partial charge in [0.1, 0.15) is 0 Å². The molecule has 2 heterocycles. The largest absolute Gasteiger partial charge is 0.371 e. The summed E-state index contributed by atoms with van der Waals surface area (Å²) < 4.78 is 5.84. The zero-order chi connectivity index (χ0) is 17.8. The van der Waals surface area contributed by atoms with Crippen molar-refractivity contribution >= 4 is 35.1 Å². The molecule has 0 saturated carbocycles. The number of halogens is 2. The lowest BCUT2D eigenvalue weighted by Crippen LogP contribution is -2.48. The van der Waals surface area contributed by atoms with Crippen molar-refractivity contribution in [1.82, 2.24) is 14.9 Å². The molecule has 2 unspecified atom stereocenters. The van der Waals surface area contributed by atoms with E-state index in [1.807, 2.05) is 13.0 Å². The number of nitrogens with zero attached hydrogens (tertiary/aromatic N) is 3. The van der Waals surface area contributed by atoms with Crippen LogP contribution in [0.15, 0.2) is 36.7 Å². The van der Waals surface area contributed by atoms with E-state index in [0.717, 1.165) is 5.56 Å². The van der Waals surface area contributed by atoms with Gasteiger partial charge >= 0.3 is 0 Å². The van der Waals surface area contributed by atoms with Crippen molar-refractivity contribution in [2.75, 3.05) is 25.0 Å². The number of ether oxygens (including phenoxy) is 1. The Morgan fingerprint density at radius 1 is 1.32 bits per heavy atom. The summed E-state index contributed by atoms with van der Waals surface area (Å²) in [5.41, 5.74) is 0.943. The van der Waals surface area contributed by atoms with E-state index in [1.165, 1.54) is 0 Å². The third-order valence-electron chi connectivity index (χ3n) is 4.14. The van der Waals surface area contributed by atoms with Crippen LogP contribution in [0.2, 0.25) is 10.0 Å². The first-order chi connectivity index (χ1) is 12.0. The smallest absolute Gasteiger partial charge is 0.243 e. The van der Waals surface area contributed by atoms with Crippen LogP contribution < -0.4 is 5.32 Å². The number of hydrogen-bond donors (Lipinski definition) is 1. The Bertz CT molecular complexity index is 745. The number of anilines is 1. The number of benzene rings is 1. The van der Waals surface area contributed by atoms with Gasteiger partial charge in [0.2, 0.25) is 11.9 Å². The highest BCUT2D eigenvalue weighted by Gasteiger charge is 2.29. The third-order valence-corrected chi connectivity index (χ3v) is 4.88. The third kappa shape index (κ3) is 4.46. The summed E-state index contributed by atoms with van der Waals surface area (Å²) in [5.74, 6) is 0.148. The number of carbonyl (C=O) groups is 1. The molecule has 2 atom stereocenters. The molecule has 2 aromatic rings. The van der Waals surface area contributed by atoms with Gasteiger partial charge in [-0.3, -0.25) is 15.0 Å². The van der Waals surface area contributed by atoms with E-state index in [0.29, 0.717) is 35.7 Å². The SMILES string of the molecule is CC(C(=O)Nc1ncccn1)N1CCOC(c2ccc(Cl)c(Cl)c2)C1. The summed E-state index contributed by atoms with van der Waals surface area (Å²) in [5, 5.41) is 3.73. The maximum Gasteiger partial charge on any atom is 0.243 e. The van der Waals surface area contributed by atoms with Gasteiger partial charge in [0, 0.05) is 25.5 Å². The second-order valence-corrected chi connectivity index (χ2v) is 6.58.